The lowest BCUT2D eigenvalue weighted by atomic mass is 10.0. The van der Waals surface area contributed by atoms with E-state index in [2.05, 4.69) is 0 Å². The number of hydrogen-bond donors (Lipinski definition) is 2. The molecule has 0 fully saturated rings. The molecule has 0 aromatic heterocycles. The Labute approximate surface area is 70.8 Å². The van der Waals surface area contributed by atoms with Gasteiger partial charge in [-0.05, 0) is 24.6 Å². The van der Waals surface area contributed by atoms with Gasteiger partial charge in [-0.15, -0.1) is 0 Å². The molecule has 66 valence electrons. The number of halogens is 1. The van der Waals surface area contributed by atoms with E-state index in [1.165, 1.54) is 12.1 Å². The maximum Gasteiger partial charge on any atom is 0.123 e. The lowest BCUT2D eigenvalue weighted by Gasteiger charge is -2.14. The summed E-state index contributed by atoms with van der Waals surface area (Å²) in [5.74, 6) is -0.330. The van der Waals surface area contributed by atoms with Crippen LogP contribution in [0.25, 0.3) is 0 Å². The zero-order valence-corrected chi connectivity index (χ0v) is 6.87. The summed E-state index contributed by atoms with van der Waals surface area (Å²) in [5, 5.41) is 9.12. The molecule has 0 saturated heterocycles. The van der Waals surface area contributed by atoms with Crippen LogP contribution in [0.4, 0.5) is 4.39 Å². The van der Waals surface area contributed by atoms with E-state index in [9.17, 15) is 4.39 Å². The second-order valence-electron chi connectivity index (χ2n) is 2.82. The monoisotopic (exact) mass is 169 g/mol. The fraction of sp³-hybridized carbons (Fsp3) is 0.333. The molecule has 0 unspecified atom stereocenters. The van der Waals surface area contributed by atoms with Gasteiger partial charge < -0.3 is 10.8 Å². The Balaban J connectivity index is 2.88. The van der Waals surface area contributed by atoms with Crippen molar-refractivity contribution in [3.8, 4) is 0 Å². The normalized spacial score (nSPS) is 15.7. The summed E-state index contributed by atoms with van der Waals surface area (Å²) in [6.45, 7) is 1.58. The molecule has 3 heteroatoms. The number of benzene rings is 1. The molecular weight excluding hydrogens is 157 g/mol. The van der Waals surface area contributed by atoms with Gasteiger partial charge in [0.25, 0.3) is 0 Å². The van der Waals surface area contributed by atoms with E-state index in [0.717, 1.165) is 0 Å². The van der Waals surface area contributed by atoms with Crippen LogP contribution in [0.15, 0.2) is 24.3 Å². The minimum atomic E-state index is -0.660. The van der Waals surface area contributed by atoms with Crippen molar-refractivity contribution in [2.24, 2.45) is 5.73 Å². The number of hydrogen-bond acceptors (Lipinski definition) is 2. The molecule has 0 heterocycles. The summed E-state index contributed by atoms with van der Waals surface area (Å²) in [7, 11) is 0. The van der Waals surface area contributed by atoms with Crippen LogP contribution >= 0.6 is 0 Å². The minimum absolute atomic E-state index is 0.330. The van der Waals surface area contributed by atoms with E-state index in [0.29, 0.717) is 5.56 Å². The highest BCUT2D eigenvalue weighted by Crippen LogP contribution is 2.14. The molecule has 0 aliphatic heterocycles. The first-order valence-corrected chi connectivity index (χ1v) is 3.80. The van der Waals surface area contributed by atoms with Crippen LogP contribution in [0.1, 0.15) is 18.5 Å². The van der Waals surface area contributed by atoms with Crippen LogP contribution in [0, 0.1) is 5.82 Å². The SMILES string of the molecule is C[C@@H](O)[C@H](N)c1cccc(F)c1. The summed E-state index contributed by atoms with van der Waals surface area (Å²) in [6, 6.07) is 5.43. The van der Waals surface area contributed by atoms with Gasteiger partial charge in [0, 0.05) is 0 Å². The van der Waals surface area contributed by atoms with Gasteiger partial charge in [0.1, 0.15) is 5.82 Å². The fourth-order valence-corrected chi connectivity index (χ4v) is 0.992. The lowest BCUT2D eigenvalue weighted by Crippen LogP contribution is -2.23. The van der Waals surface area contributed by atoms with E-state index in [1.54, 1.807) is 19.1 Å². The van der Waals surface area contributed by atoms with E-state index >= 15 is 0 Å². The summed E-state index contributed by atoms with van der Waals surface area (Å²) in [4.78, 5) is 0. The minimum Gasteiger partial charge on any atom is -0.391 e. The Morgan fingerprint density at radius 2 is 2.17 bits per heavy atom. The van der Waals surface area contributed by atoms with Crippen LogP contribution in [-0.4, -0.2) is 11.2 Å². The smallest absolute Gasteiger partial charge is 0.123 e. The third kappa shape index (κ3) is 2.03. The second-order valence-corrected chi connectivity index (χ2v) is 2.82. The van der Waals surface area contributed by atoms with Gasteiger partial charge in [0.2, 0.25) is 0 Å². The second kappa shape index (κ2) is 3.65. The van der Waals surface area contributed by atoms with Crippen molar-refractivity contribution in [3.05, 3.63) is 35.6 Å². The molecule has 0 saturated carbocycles. The van der Waals surface area contributed by atoms with Crippen molar-refractivity contribution in [1.29, 1.82) is 0 Å². The van der Waals surface area contributed by atoms with Crippen LogP contribution in [0.5, 0.6) is 0 Å². The number of aliphatic hydroxyl groups excluding tert-OH is 1. The quantitative estimate of drug-likeness (QED) is 0.699. The maximum atomic E-state index is 12.7. The Kier molecular flexibility index (Phi) is 2.78. The van der Waals surface area contributed by atoms with Crippen LogP contribution in [-0.2, 0) is 0 Å². The zero-order chi connectivity index (χ0) is 9.14. The van der Waals surface area contributed by atoms with Crippen molar-refractivity contribution < 1.29 is 9.50 Å². The lowest BCUT2D eigenvalue weighted by molar-refractivity contribution is 0.164. The first-order chi connectivity index (χ1) is 5.61. The Bertz CT molecular complexity index is 262. The number of aliphatic hydroxyl groups is 1. The standard InChI is InChI=1S/C9H12FNO/c1-6(12)9(11)7-3-2-4-8(10)5-7/h2-6,9,12H,11H2,1H3/t6-,9+/m1/s1. The first kappa shape index (κ1) is 9.16. The predicted molar refractivity (Wildman–Crippen MR) is 45.0 cm³/mol. The average molecular weight is 169 g/mol. The van der Waals surface area contributed by atoms with E-state index < -0.39 is 12.1 Å². The summed E-state index contributed by atoms with van der Waals surface area (Å²) < 4.78 is 12.7. The van der Waals surface area contributed by atoms with Crippen LogP contribution < -0.4 is 5.73 Å². The fourth-order valence-electron chi connectivity index (χ4n) is 0.992. The molecule has 3 N–H and O–H groups in total. The predicted octanol–water partition coefficient (Wildman–Crippen LogP) is 1.21. The molecule has 0 radical (unpaired) electrons. The van der Waals surface area contributed by atoms with Crippen molar-refractivity contribution in [3.63, 3.8) is 0 Å². The molecule has 2 atom stereocenters. The average Bonchev–Trinajstić information content (AvgIpc) is 2.03. The molecule has 1 aromatic carbocycles. The van der Waals surface area contributed by atoms with Crippen molar-refractivity contribution in [1.82, 2.24) is 0 Å². The molecule has 0 spiro atoms. The van der Waals surface area contributed by atoms with Crippen molar-refractivity contribution in [2.75, 3.05) is 0 Å². The molecular formula is C9H12FNO. The van der Waals surface area contributed by atoms with Gasteiger partial charge in [-0.2, -0.15) is 0 Å². The zero-order valence-electron chi connectivity index (χ0n) is 6.87. The van der Waals surface area contributed by atoms with Gasteiger partial charge >= 0.3 is 0 Å². The number of rotatable bonds is 2. The summed E-state index contributed by atoms with van der Waals surface area (Å²) in [6.07, 6.45) is -0.660. The Morgan fingerprint density at radius 1 is 1.50 bits per heavy atom. The molecule has 0 aliphatic carbocycles. The Hall–Kier alpha value is -0.930. The molecule has 12 heavy (non-hydrogen) atoms. The van der Waals surface area contributed by atoms with Crippen LogP contribution in [0.3, 0.4) is 0 Å². The van der Waals surface area contributed by atoms with Gasteiger partial charge in [0.05, 0.1) is 12.1 Å². The van der Waals surface area contributed by atoms with Gasteiger partial charge in [-0.3, -0.25) is 0 Å². The largest absolute Gasteiger partial charge is 0.391 e. The topological polar surface area (TPSA) is 46.2 Å². The third-order valence-corrected chi connectivity index (χ3v) is 1.75. The van der Waals surface area contributed by atoms with Gasteiger partial charge in [0.15, 0.2) is 0 Å². The van der Waals surface area contributed by atoms with Gasteiger partial charge in [-0.1, -0.05) is 12.1 Å². The highest BCUT2D eigenvalue weighted by atomic mass is 19.1. The molecule has 1 aromatic rings. The number of nitrogens with two attached hydrogens (primary N) is 1. The molecule has 0 amide bonds. The van der Waals surface area contributed by atoms with Crippen LogP contribution in [0.2, 0.25) is 0 Å². The molecule has 2 nitrogen and oxygen atoms in total. The third-order valence-electron chi connectivity index (χ3n) is 1.75. The van der Waals surface area contributed by atoms with E-state index in [4.69, 9.17) is 10.8 Å². The summed E-state index contributed by atoms with van der Waals surface area (Å²) in [5.41, 5.74) is 6.21. The van der Waals surface area contributed by atoms with Gasteiger partial charge in [-0.25, -0.2) is 4.39 Å². The highest BCUT2D eigenvalue weighted by molar-refractivity contribution is 5.20. The maximum absolute atomic E-state index is 12.7. The van der Waals surface area contributed by atoms with Crippen molar-refractivity contribution >= 4 is 0 Å². The van der Waals surface area contributed by atoms with E-state index in [-0.39, 0.29) is 5.82 Å². The Morgan fingerprint density at radius 3 is 2.67 bits per heavy atom. The molecule has 1 rings (SSSR count). The first-order valence-electron chi connectivity index (χ1n) is 3.80. The molecule has 0 aliphatic rings. The summed E-state index contributed by atoms with van der Waals surface area (Å²) >= 11 is 0. The highest BCUT2D eigenvalue weighted by Gasteiger charge is 2.11. The molecule has 0 bridgehead atoms. The van der Waals surface area contributed by atoms with Crippen molar-refractivity contribution in [2.45, 2.75) is 19.1 Å². The van der Waals surface area contributed by atoms with E-state index in [1.807, 2.05) is 0 Å².